The average Bonchev–Trinajstić information content (AvgIpc) is 2.69. The van der Waals surface area contributed by atoms with E-state index in [0.717, 1.165) is 5.56 Å². The molecule has 28 heavy (non-hydrogen) atoms. The summed E-state index contributed by atoms with van der Waals surface area (Å²) in [5.41, 5.74) is 1.15. The van der Waals surface area contributed by atoms with Crippen molar-refractivity contribution in [2.45, 2.75) is 12.3 Å². The molecule has 0 aliphatic rings. The van der Waals surface area contributed by atoms with Crippen LogP contribution in [0.25, 0.3) is 0 Å². The number of carboxylic acids is 1. The van der Waals surface area contributed by atoms with E-state index in [0.29, 0.717) is 10.6 Å². The maximum Gasteiger partial charge on any atom is 0.407 e. The monoisotopic (exact) mass is 405 g/mol. The summed E-state index contributed by atoms with van der Waals surface area (Å²) < 4.78 is 9.95. The SMILES string of the molecule is O=C(O)CC(CNC(=O)OCCOC(=O)c1ccccc1)c1ccc(Cl)cc1. The Kier molecular flexibility index (Phi) is 8.30. The molecule has 2 rings (SSSR count). The molecule has 1 unspecified atom stereocenters. The van der Waals surface area contributed by atoms with Crippen molar-refractivity contribution in [3.8, 4) is 0 Å². The van der Waals surface area contributed by atoms with Crippen molar-refractivity contribution in [2.75, 3.05) is 19.8 Å². The van der Waals surface area contributed by atoms with Gasteiger partial charge in [0.05, 0.1) is 12.0 Å². The number of rotatable bonds is 9. The molecule has 0 bridgehead atoms. The van der Waals surface area contributed by atoms with Gasteiger partial charge in [-0.25, -0.2) is 9.59 Å². The molecule has 8 heteroatoms. The zero-order valence-electron chi connectivity index (χ0n) is 15.0. The molecule has 2 aromatic rings. The number of aliphatic carboxylic acids is 1. The predicted molar refractivity (Wildman–Crippen MR) is 103 cm³/mol. The van der Waals surface area contributed by atoms with Crippen LogP contribution >= 0.6 is 11.6 Å². The number of amides is 1. The molecule has 2 aromatic carbocycles. The standard InChI is InChI=1S/C20H20ClNO6/c21-17-8-6-14(7-9-17)16(12-18(23)24)13-22-20(26)28-11-10-27-19(25)15-4-2-1-3-5-15/h1-9,16H,10-13H2,(H,22,26)(H,23,24). The van der Waals surface area contributed by atoms with Crippen LogP contribution in [0.5, 0.6) is 0 Å². The minimum Gasteiger partial charge on any atom is -0.481 e. The second kappa shape index (κ2) is 10.9. The van der Waals surface area contributed by atoms with Crippen LogP contribution in [0.4, 0.5) is 4.79 Å². The average molecular weight is 406 g/mol. The van der Waals surface area contributed by atoms with Gasteiger partial charge in [0.2, 0.25) is 0 Å². The predicted octanol–water partition coefficient (Wildman–Crippen LogP) is 3.48. The van der Waals surface area contributed by atoms with Gasteiger partial charge < -0.3 is 19.9 Å². The van der Waals surface area contributed by atoms with Gasteiger partial charge >= 0.3 is 18.0 Å². The van der Waals surface area contributed by atoms with Crippen LogP contribution in [0.1, 0.15) is 28.3 Å². The van der Waals surface area contributed by atoms with E-state index in [9.17, 15) is 14.4 Å². The number of hydrogen-bond acceptors (Lipinski definition) is 5. The highest BCUT2D eigenvalue weighted by Gasteiger charge is 2.17. The first-order valence-corrected chi connectivity index (χ1v) is 8.93. The number of carboxylic acid groups (broad SMARTS) is 1. The van der Waals surface area contributed by atoms with Crippen LogP contribution in [0.15, 0.2) is 54.6 Å². The Morgan fingerprint density at radius 3 is 2.25 bits per heavy atom. The Morgan fingerprint density at radius 2 is 1.61 bits per heavy atom. The molecule has 1 amide bonds. The quantitative estimate of drug-likeness (QED) is 0.489. The highest BCUT2D eigenvalue weighted by atomic mass is 35.5. The third kappa shape index (κ3) is 7.28. The largest absolute Gasteiger partial charge is 0.481 e. The third-order valence-electron chi connectivity index (χ3n) is 3.81. The van der Waals surface area contributed by atoms with E-state index in [4.69, 9.17) is 26.2 Å². The summed E-state index contributed by atoms with van der Waals surface area (Å²) in [5, 5.41) is 12.1. The van der Waals surface area contributed by atoms with E-state index in [-0.39, 0.29) is 26.2 Å². The molecule has 0 saturated carbocycles. The molecular weight excluding hydrogens is 386 g/mol. The Balaban J connectivity index is 1.74. The van der Waals surface area contributed by atoms with Crippen molar-refractivity contribution in [3.63, 3.8) is 0 Å². The number of alkyl carbamates (subject to hydrolysis) is 1. The second-order valence-corrected chi connectivity index (χ2v) is 6.30. The number of ether oxygens (including phenoxy) is 2. The Hall–Kier alpha value is -3.06. The summed E-state index contributed by atoms with van der Waals surface area (Å²) in [5.74, 6) is -1.92. The number of esters is 1. The molecule has 0 aromatic heterocycles. The van der Waals surface area contributed by atoms with Gasteiger partial charge in [-0.05, 0) is 29.8 Å². The minimum absolute atomic E-state index is 0.0799. The number of carbonyl (C=O) groups excluding carboxylic acids is 2. The Labute approximate surface area is 167 Å². The number of benzene rings is 2. The first-order valence-electron chi connectivity index (χ1n) is 8.55. The van der Waals surface area contributed by atoms with Crippen molar-refractivity contribution in [1.82, 2.24) is 5.32 Å². The summed E-state index contributed by atoms with van der Waals surface area (Å²) in [7, 11) is 0. The van der Waals surface area contributed by atoms with E-state index in [1.165, 1.54) is 0 Å². The zero-order chi connectivity index (χ0) is 20.4. The van der Waals surface area contributed by atoms with Gasteiger partial charge in [0, 0.05) is 17.5 Å². The number of nitrogens with one attached hydrogen (secondary N) is 1. The molecule has 2 N–H and O–H groups in total. The van der Waals surface area contributed by atoms with Crippen molar-refractivity contribution >= 4 is 29.6 Å². The lowest BCUT2D eigenvalue weighted by molar-refractivity contribution is -0.137. The first-order chi connectivity index (χ1) is 13.5. The summed E-state index contributed by atoms with van der Waals surface area (Å²) >= 11 is 5.84. The lowest BCUT2D eigenvalue weighted by Crippen LogP contribution is -2.31. The fourth-order valence-electron chi connectivity index (χ4n) is 2.44. The van der Waals surface area contributed by atoms with Crippen LogP contribution < -0.4 is 5.32 Å². The molecule has 0 aliphatic heterocycles. The lowest BCUT2D eigenvalue weighted by Gasteiger charge is -2.16. The summed E-state index contributed by atoms with van der Waals surface area (Å²) in [6.45, 7) is -0.123. The zero-order valence-corrected chi connectivity index (χ0v) is 15.7. The molecule has 0 radical (unpaired) electrons. The highest BCUT2D eigenvalue weighted by molar-refractivity contribution is 6.30. The van der Waals surface area contributed by atoms with Crippen LogP contribution in [-0.4, -0.2) is 42.9 Å². The normalized spacial score (nSPS) is 11.3. The van der Waals surface area contributed by atoms with Crippen LogP contribution in [0, 0.1) is 0 Å². The molecule has 1 atom stereocenters. The van der Waals surface area contributed by atoms with Crippen LogP contribution in [0.3, 0.4) is 0 Å². The van der Waals surface area contributed by atoms with E-state index in [1.807, 2.05) is 0 Å². The number of hydrogen-bond donors (Lipinski definition) is 2. The smallest absolute Gasteiger partial charge is 0.407 e. The topological polar surface area (TPSA) is 102 Å². The summed E-state index contributed by atoms with van der Waals surface area (Å²) in [4.78, 5) is 34.6. The summed E-state index contributed by atoms with van der Waals surface area (Å²) in [6, 6.07) is 15.2. The van der Waals surface area contributed by atoms with E-state index >= 15 is 0 Å². The van der Waals surface area contributed by atoms with Crippen molar-refractivity contribution in [2.24, 2.45) is 0 Å². The van der Waals surface area contributed by atoms with Gasteiger partial charge in [-0.2, -0.15) is 0 Å². The maximum atomic E-state index is 11.8. The van der Waals surface area contributed by atoms with Crippen molar-refractivity contribution < 1.29 is 29.0 Å². The fourth-order valence-corrected chi connectivity index (χ4v) is 2.56. The molecular formula is C20H20ClNO6. The molecule has 0 spiro atoms. The highest BCUT2D eigenvalue weighted by Crippen LogP contribution is 2.21. The van der Waals surface area contributed by atoms with Gasteiger partial charge in [0.25, 0.3) is 0 Å². The fraction of sp³-hybridized carbons (Fsp3) is 0.250. The Bertz CT molecular complexity index is 794. The van der Waals surface area contributed by atoms with Crippen LogP contribution in [0.2, 0.25) is 5.02 Å². The van der Waals surface area contributed by atoms with Gasteiger partial charge in [-0.3, -0.25) is 4.79 Å². The van der Waals surface area contributed by atoms with Gasteiger partial charge in [0.15, 0.2) is 0 Å². The molecule has 7 nitrogen and oxygen atoms in total. The molecule has 0 fully saturated rings. The van der Waals surface area contributed by atoms with Gasteiger partial charge in [-0.1, -0.05) is 41.9 Å². The van der Waals surface area contributed by atoms with E-state index in [2.05, 4.69) is 5.32 Å². The molecule has 0 aliphatic carbocycles. The Morgan fingerprint density at radius 1 is 0.964 bits per heavy atom. The molecule has 148 valence electrons. The molecule has 0 saturated heterocycles. The number of halogens is 1. The minimum atomic E-state index is -0.983. The van der Waals surface area contributed by atoms with E-state index < -0.39 is 23.9 Å². The number of carbonyl (C=O) groups is 3. The first kappa shape index (κ1) is 21.2. The lowest BCUT2D eigenvalue weighted by atomic mass is 9.96. The van der Waals surface area contributed by atoms with Crippen molar-refractivity contribution in [1.29, 1.82) is 0 Å². The van der Waals surface area contributed by atoms with Crippen LogP contribution in [-0.2, 0) is 14.3 Å². The summed E-state index contributed by atoms with van der Waals surface area (Å²) in [6.07, 6.45) is -0.878. The van der Waals surface area contributed by atoms with Gasteiger partial charge in [0.1, 0.15) is 13.2 Å². The third-order valence-corrected chi connectivity index (χ3v) is 4.07. The van der Waals surface area contributed by atoms with Gasteiger partial charge in [-0.15, -0.1) is 0 Å². The molecule has 0 heterocycles. The van der Waals surface area contributed by atoms with Crippen molar-refractivity contribution in [3.05, 3.63) is 70.7 Å². The van der Waals surface area contributed by atoms with E-state index in [1.54, 1.807) is 54.6 Å². The second-order valence-electron chi connectivity index (χ2n) is 5.87. The maximum absolute atomic E-state index is 11.8.